The first-order valence-electron chi connectivity index (χ1n) is 8.69. The van der Waals surface area contributed by atoms with Crippen LogP contribution in [0.2, 0.25) is 0 Å². The molecule has 4 N–H and O–H groups in total. The Balaban J connectivity index is 1.55. The van der Waals surface area contributed by atoms with E-state index in [1.54, 1.807) is 24.3 Å². The zero-order chi connectivity index (χ0) is 20.1. The van der Waals surface area contributed by atoms with Crippen molar-refractivity contribution in [2.45, 2.75) is 25.1 Å². The summed E-state index contributed by atoms with van der Waals surface area (Å²) in [7, 11) is 0. The van der Waals surface area contributed by atoms with Gasteiger partial charge in [-0.3, -0.25) is 14.4 Å². The lowest BCUT2D eigenvalue weighted by Crippen LogP contribution is -2.24. The van der Waals surface area contributed by atoms with Crippen molar-refractivity contribution in [3.05, 3.63) is 65.2 Å². The molecule has 0 bridgehead atoms. The molecule has 3 rings (SSSR count). The van der Waals surface area contributed by atoms with Crippen LogP contribution in [0.1, 0.15) is 27.9 Å². The lowest BCUT2D eigenvalue weighted by atomic mass is 10.1. The van der Waals surface area contributed by atoms with Crippen LogP contribution in [-0.2, 0) is 16.1 Å². The molecular weight excluding hydrogens is 376 g/mol. The molecule has 0 aliphatic carbocycles. The second-order valence-corrected chi connectivity index (χ2v) is 7.62. The molecule has 0 unspecified atom stereocenters. The van der Waals surface area contributed by atoms with Crippen LogP contribution in [0.3, 0.4) is 0 Å². The number of carbonyl (C=O) groups excluding carboxylic acids is 3. The zero-order valence-electron chi connectivity index (χ0n) is 15.3. The highest BCUT2D eigenvalue weighted by Gasteiger charge is 2.29. The molecule has 2 aromatic carbocycles. The third-order valence-electron chi connectivity index (χ3n) is 4.11. The quantitative estimate of drug-likeness (QED) is 0.693. The Morgan fingerprint density at radius 3 is 2.61 bits per heavy atom. The summed E-state index contributed by atoms with van der Waals surface area (Å²) < 4.78 is 0. The average Bonchev–Trinajstić information content (AvgIpc) is 2.98. The van der Waals surface area contributed by atoms with Gasteiger partial charge in [-0.15, -0.1) is 0 Å². The molecular formula is C20H20N4O3S. The van der Waals surface area contributed by atoms with Crippen LogP contribution in [0.5, 0.6) is 0 Å². The van der Waals surface area contributed by atoms with E-state index in [0.29, 0.717) is 17.8 Å². The molecule has 0 saturated heterocycles. The maximum atomic E-state index is 12.4. The number of amidine groups is 1. The highest BCUT2D eigenvalue weighted by atomic mass is 32.2. The van der Waals surface area contributed by atoms with Crippen LogP contribution < -0.4 is 16.4 Å². The number of amides is 3. The number of nitrogens with one attached hydrogen (secondary N) is 2. The first kappa shape index (κ1) is 19.6. The maximum absolute atomic E-state index is 12.4. The van der Waals surface area contributed by atoms with Crippen molar-refractivity contribution in [1.82, 2.24) is 5.32 Å². The summed E-state index contributed by atoms with van der Waals surface area (Å²) in [6.45, 7) is 2.42. The number of aliphatic imine (C=N–C) groups is 1. The zero-order valence-corrected chi connectivity index (χ0v) is 16.1. The van der Waals surface area contributed by atoms with E-state index in [4.69, 9.17) is 5.73 Å². The molecule has 7 nitrogen and oxygen atoms in total. The van der Waals surface area contributed by atoms with Gasteiger partial charge in [-0.2, -0.15) is 4.99 Å². The van der Waals surface area contributed by atoms with Crippen LogP contribution in [0.15, 0.2) is 53.5 Å². The van der Waals surface area contributed by atoms with Crippen molar-refractivity contribution < 1.29 is 14.4 Å². The Labute approximate surface area is 166 Å². The van der Waals surface area contributed by atoms with Crippen LogP contribution in [0.25, 0.3) is 0 Å². The van der Waals surface area contributed by atoms with E-state index in [9.17, 15) is 14.4 Å². The second kappa shape index (κ2) is 8.71. The number of nitrogens with zero attached hydrogens (tertiary/aromatic N) is 1. The summed E-state index contributed by atoms with van der Waals surface area (Å²) >= 11 is 1.08. The first-order chi connectivity index (χ1) is 13.4. The number of hydrogen-bond acceptors (Lipinski definition) is 5. The molecule has 1 aliphatic heterocycles. The molecule has 2 aromatic rings. The Bertz CT molecular complexity index is 941. The van der Waals surface area contributed by atoms with E-state index in [2.05, 4.69) is 15.6 Å². The minimum Gasteiger partial charge on any atom is -0.378 e. The Hall–Kier alpha value is -3.13. The van der Waals surface area contributed by atoms with Crippen molar-refractivity contribution in [3.8, 4) is 0 Å². The fourth-order valence-electron chi connectivity index (χ4n) is 2.64. The van der Waals surface area contributed by atoms with Crippen molar-refractivity contribution in [2.75, 3.05) is 5.32 Å². The van der Waals surface area contributed by atoms with Gasteiger partial charge < -0.3 is 16.4 Å². The first-order valence-corrected chi connectivity index (χ1v) is 9.57. The van der Waals surface area contributed by atoms with Gasteiger partial charge in [-0.05, 0) is 30.7 Å². The molecule has 28 heavy (non-hydrogen) atoms. The number of hydrogen-bond donors (Lipinski definition) is 3. The number of aryl methyl sites for hydroxylation is 1. The van der Waals surface area contributed by atoms with Gasteiger partial charge in [0.25, 0.3) is 11.8 Å². The Kier molecular flexibility index (Phi) is 6.10. The number of benzene rings is 2. The molecule has 3 amide bonds. The SMILES string of the molecule is Cc1ccc(CNC(=O)c2cccc(NC(=O)C[C@@H]3SC(N)=NC3=O)c2)cc1. The molecule has 1 heterocycles. The summed E-state index contributed by atoms with van der Waals surface area (Å²) in [4.78, 5) is 39.8. The molecule has 0 radical (unpaired) electrons. The molecule has 1 aliphatic rings. The van der Waals surface area contributed by atoms with E-state index >= 15 is 0 Å². The summed E-state index contributed by atoms with van der Waals surface area (Å²) in [5, 5.41) is 5.14. The number of anilines is 1. The van der Waals surface area contributed by atoms with Crippen molar-refractivity contribution in [3.63, 3.8) is 0 Å². The lowest BCUT2D eigenvalue weighted by Gasteiger charge is -2.10. The summed E-state index contributed by atoms with van der Waals surface area (Å²) in [6, 6.07) is 14.5. The fraction of sp³-hybridized carbons (Fsp3) is 0.200. The maximum Gasteiger partial charge on any atom is 0.262 e. The lowest BCUT2D eigenvalue weighted by molar-refractivity contribution is -0.121. The van der Waals surface area contributed by atoms with E-state index in [1.807, 2.05) is 31.2 Å². The molecule has 0 saturated carbocycles. The summed E-state index contributed by atoms with van der Waals surface area (Å²) in [5.41, 5.74) is 8.57. The topological polar surface area (TPSA) is 114 Å². The highest BCUT2D eigenvalue weighted by molar-refractivity contribution is 8.15. The number of carbonyl (C=O) groups is 3. The number of nitrogens with two attached hydrogens (primary N) is 1. The van der Waals surface area contributed by atoms with Gasteiger partial charge in [0.2, 0.25) is 5.91 Å². The number of rotatable bonds is 6. The van der Waals surface area contributed by atoms with E-state index < -0.39 is 11.2 Å². The van der Waals surface area contributed by atoms with Crippen LogP contribution in [0.4, 0.5) is 5.69 Å². The molecule has 8 heteroatoms. The van der Waals surface area contributed by atoms with Crippen LogP contribution in [0, 0.1) is 6.92 Å². The van der Waals surface area contributed by atoms with Gasteiger partial charge in [-0.25, -0.2) is 0 Å². The van der Waals surface area contributed by atoms with Gasteiger partial charge in [0.15, 0.2) is 5.17 Å². The van der Waals surface area contributed by atoms with Gasteiger partial charge in [0, 0.05) is 24.2 Å². The van der Waals surface area contributed by atoms with Crippen molar-refractivity contribution in [2.24, 2.45) is 10.7 Å². The minimum atomic E-state index is -0.596. The molecule has 0 fully saturated rings. The Morgan fingerprint density at radius 1 is 1.18 bits per heavy atom. The second-order valence-electron chi connectivity index (χ2n) is 6.40. The normalized spacial score (nSPS) is 15.8. The summed E-state index contributed by atoms with van der Waals surface area (Å²) in [6.07, 6.45) is -0.0302. The van der Waals surface area contributed by atoms with E-state index in [1.165, 1.54) is 0 Å². The standard InChI is InChI=1S/C20H20N4O3S/c1-12-5-7-13(8-6-12)11-22-18(26)14-3-2-4-15(9-14)23-17(25)10-16-19(27)24-20(21)28-16/h2-9,16H,10-11H2,1H3,(H,22,26)(H,23,25)(H2,21,24,27)/t16-/m0/s1. The number of thioether (sulfide) groups is 1. The highest BCUT2D eigenvalue weighted by Crippen LogP contribution is 2.23. The molecule has 144 valence electrons. The Morgan fingerprint density at radius 2 is 1.93 bits per heavy atom. The molecule has 0 spiro atoms. The largest absolute Gasteiger partial charge is 0.378 e. The van der Waals surface area contributed by atoms with Gasteiger partial charge in [0.05, 0.1) is 0 Å². The van der Waals surface area contributed by atoms with Crippen LogP contribution >= 0.6 is 11.8 Å². The van der Waals surface area contributed by atoms with Gasteiger partial charge in [-0.1, -0.05) is 47.7 Å². The molecule has 1 atom stereocenters. The third-order valence-corrected chi connectivity index (χ3v) is 5.10. The predicted molar refractivity (Wildman–Crippen MR) is 110 cm³/mol. The average molecular weight is 396 g/mol. The third kappa shape index (κ3) is 5.20. The van der Waals surface area contributed by atoms with E-state index in [-0.39, 0.29) is 23.4 Å². The van der Waals surface area contributed by atoms with Gasteiger partial charge >= 0.3 is 0 Å². The fourth-order valence-corrected chi connectivity index (χ4v) is 3.46. The van der Waals surface area contributed by atoms with Crippen LogP contribution in [-0.4, -0.2) is 28.1 Å². The summed E-state index contributed by atoms with van der Waals surface area (Å²) in [5.74, 6) is -0.978. The van der Waals surface area contributed by atoms with E-state index in [0.717, 1.165) is 22.9 Å². The monoisotopic (exact) mass is 396 g/mol. The van der Waals surface area contributed by atoms with Crippen molar-refractivity contribution in [1.29, 1.82) is 0 Å². The molecule has 0 aromatic heterocycles. The van der Waals surface area contributed by atoms with Crippen molar-refractivity contribution >= 4 is 40.3 Å². The minimum absolute atomic E-state index is 0.0302. The predicted octanol–water partition coefficient (Wildman–Crippen LogP) is 2.21. The van der Waals surface area contributed by atoms with Gasteiger partial charge in [0.1, 0.15) is 5.25 Å². The smallest absolute Gasteiger partial charge is 0.262 e.